The Morgan fingerprint density at radius 1 is 1.25 bits per heavy atom. The summed E-state index contributed by atoms with van der Waals surface area (Å²) in [6.45, 7) is 0.147. The van der Waals surface area contributed by atoms with Gasteiger partial charge < -0.3 is 14.8 Å². The zero-order chi connectivity index (χ0) is 17.9. The van der Waals surface area contributed by atoms with E-state index in [1.54, 1.807) is 18.2 Å². The van der Waals surface area contributed by atoms with Gasteiger partial charge >= 0.3 is 6.18 Å². The minimum Gasteiger partial charge on any atom is -0.497 e. The molecule has 1 amide bonds. The normalized spacial score (nSPS) is 22.1. The molecule has 8 heteroatoms. The second kappa shape index (κ2) is 7.29. The number of carbonyl (C=O) groups excluding carboxylic acids is 1. The maximum Gasteiger partial charge on any atom is 0.404 e. The van der Waals surface area contributed by atoms with E-state index in [-0.39, 0.29) is 31.3 Å². The highest BCUT2D eigenvalue weighted by Crippen LogP contribution is 2.31. The number of likely N-dealkylation sites (N-methyl/N-ethyl adjacent to an activating group) is 1. The van der Waals surface area contributed by atoms with Gasteiger partial charge in [-0.05, 0) is 32.0 Å². The van der Waals surface area contributed by atoms with Crippen LogP contribution in [0.1, 0.15) is 23.2 Å². The number of nitrogens with one attached hydrogen (secondary N) is 1. The van der Waals surface area contributed by atoms with Crippen molar-refractivity contribution in [2.24, 2.45) is 0 Å². The van der Waals surface area contributed by atoms with Gasteiger partial charge in [0, 0.05) is 18.7 Å². The number of amides is 1. The number of benzene rings is 1. The lowest BCUT2D eigenvalue weighted by atomic mass is 9.98. The van der Waals surface area contributed by atoms with E-state index in [1.165, 1.54) is 26.2 Å². The average Bonchev–Trinajstić information content (AvgIpc) is 2.52. The summed E-state index contributed by atoms with van der Waals surface area (Å²) in [4.78, 5) is 13.6. The number of rotatable bonds is 4. The summed E-state index contributed by atoms with van der Waals surface area (Å²) in [5.74, 6) is 0.524. The molecule has 1 fully saturated rings. The van der Waals surface area contributed by atoms with Crippen molar-refractivity contribution in [3.63, 3.8) is 0 Å². The Hall–Kier alpha value is -1.96. The van der Waals surface area contributed by atoms with Crippen molar-refractivity contribution >= 4 is 5.91 Å². The maximum atomic E-state index is 12.9. The summed E-state index contributed by atoms with van der Waals surface area (Å²) < 4.78 is 48.8. The van der Waals surface area contributed by atoms with Crippen LogP contribution in [0.3, 0.4) is 0 Å². The van der Waals surface area contributed by atoms with Crippen LogP contribution in [0, 0.1) is 0 Å². The van der Waals surface area contributed by atoms with Gasteiger partial charge in [0.05, 0.1) is 19.8 Å². The standard InChI is InChI=1S/C16H21F3N2O3/c1-21-9-10(4-7-14(21)16(17,18)19)20-15(22)12-6-5-11(23-2)8-13(12)24-3/h5-6,8,10,14H,4,7,9H2,1-3H3,(H,20,22). The van der Waals surface area contributed by atoms with Crippen LogP contribution < -0.4 is 14.8 Å². The first-order valence-corrected chi connectivity index (χ1v) is 7.56. The van der Waals surface area contributed by atoms with Gasteiger partial charge in [-0.25, -0.2) is 0 Å². The van der Waals surface area contributed by atoms with Crippen molar-refractivity contribution in [1.29, 1.82) is 0 Å². The molecule has 134 valence electrons. The second-order valence-electron chi connectivity index (χ2n) is 5.81. The van der Waals surface area contributed by atoms with Crippen LogP contribution in [0.4, 0.5) is 13.2 Å². The van der Waals surface area contributed by atoms with Crippen molar-refractivity contribution in [1.82, 2.24) is 10.2 Å². The van der Waals surface area contributed by atoms with Gasteiger partial charge in [-0.1, -0.05) is 0 Å². The quantitative estimate of drug-likeness (QED) is 0.910. The van der Waals surface area contributed by atoms with Gasteiger partial charge in [-0.15, -0.1) is 0 Å². The molecule has 1 aliphatic rings. The molecule has 1 saturated heterocycles. The minimum atomic E-state index is -4.25. The van der Waals surface area contributed by atoms with Gasteiger partial charge in [-0.2, -0.15) is 13.2 Å². The number of carbonyl (C=O) groups is 1. The summed E-state index contributed by atoms with van der Waals surface area (Å²) in [5.41, 5.74) is 0.318. The molecule has 0 bridgehead atoms. The van der Waals surface area contributed by atoms with Crippen molar-refractivity contribution in [2.75, 3.05) is 27.8 Å². The van der Waals surface area contributed by atoms with Gasteiger partial charge in [0.25, 0.3) is 5.91 Å². The van der Waals surface area contributed by atoms with Gasteiger partial charge in [0.15, 0.2) is 0 Å². The molecule has 5 nitrogen and oxygen atoms in total. The molecular formula is C16H21F3N2O3. The number of ether oxygens (including phenoxy) is 2. The van der Waals surface area contributed by atoms with Crippen LogP contribution in [-0.4, -0.2) is 56.9 Å². The monoisotopic (exact) mass is 346 g/mol. The van der Waals surface area contributed by atoms with Crippen LogP contribution in [0.2, 0.25) is 0 Å². The molecule has 1 aliphatic heterocycles. The van der Waals surface area contributed by atoms with Crippen LogP contribution in [0.15, 0.2) is 18.2 Å². The predicted octanol–water partition coefficient (Wildman–Crippen LogP) is 2.46. The number of piperidine rings is 1. The maximum absolute atomic E-state index is 12.9. The van der Waals surface area contributed by atoms with E-state index in [4.69, 9.17) is 9.47 Å². The largest absolute Gasteiger partial charge is 0.497 e. The molecular weight excluding hydrogens is 325 g/mol. The van der Waals surface area contributed by atoms with E-state index in [9.17, 15) is 18.0 Å². The van der Waals surface area contributed by atoms with E-state index in [0.717, 1.165) is 0 Å². The Morgan fingerprint density at radius 2 is 1.96 bits per heavy atom. The van der Waals surface area contributed by atoms with Crippen molar-refractivity contribution in [2.45, 2.75) is 31.1 Å². The van der Waals surface area contributed by atoms with Gasteiger partial charge in [0.2, 0.25) is 0 Å². The first-order valence-electron chi connectivity index (χ1n) is 7.56. The van der Waals surface area contributed by atoms with E-state index < -0.39 is 12.2 Å². The lowest BCUT2D eigenvalue weighted by Crippen LogP contribution is -2.54. The Kier molecular flexibility index (Phi) is 5.58. The second-order valence-corrected chi connectivity index (χ2v) is 5.81. The fourth-order valence-electron chi connectivity index (χ4n) is 2.93. The predicted molar refractivity (Wildman–Crippen MR) is 82.5 cm³/mol. The Bertz CT molecular complexity index is 592. The van der Waals surface area contributed by atoms with Crippen LogP contribution in [0.5, 0.6) is 11.5 Å². The number of likely N-dealkylation sites (tertiary alicyclic amines) is 1. The molecule has 1 heterocycles. The zero-order valence-electron chi connectivity index (χ0n) is 13.8. The highest BCUT2D eigenvalue weighted by atomic mass is 19.4. The lowest BCUT2D eigenvalue weighted by Gasteiger charge is -2.38. The number of methoxy groups -OCH3 is 2. The molecule has 1 aromatic carbocycles. The highest BCUT2D eigenvalue weighted by molar-refractivity contribution is 5.97. The average molecular weight is 346 g/mol. The summed E-state index contributed by atoms with van der Waals surface area (Å²) in [5, 5.41) is 2.78. The zero-order valence-corrected chi connectivity index (χ0v) is 13.8. The van der Waals surface area contributed by atoms with Gasteiger partial charge in [0.1, 0.15) is 17.5 Å². The first-order chi connectivity index (χ1) is 11.3. The van der Waals surface area contributed by atoms with Crippen LogP contribution in [0.25, 0.3) is 0 Å². The minimum absolute atomic E-state index is 0.0370. The molecule has 0 saturated carbocycles. The number of nitrogens with zero attached hydrogens (tertiary/aromatic N) is 1. The van der Waals surface area contributed by atoms with Crippen LogP contribution >= 0.6 is 0 Å². The smallest absolute Gasteiger partial charge is 0.404 e. The van der Waals surface area contributed by atoms with Crippen molar-refractivity contribution in [3.8, 4) is 11.5 Å². The van der Waals surface area contributed by atoms with Crippen molar-refractivity contribution in [3.05, 3.63) is 23.8 Å². The molecule has 2 atom stereocenters. The van der Waals surface area contributed by atoms with Crippen LogP contribution in [-0.2, 0) is 0 Å². The van der Waals surface area contributed by atoms with E-state index >= 15 is 0 Å². The summed E-state index contributed by atoms with van der Waals surface area (Å²) >= 11 is 0. The molecule has 2 unspecified atom stereocenters. The molecule has 0 aromatic heterocycles. The molecule has 0 radical (unpaired) electrons. The summed E-state index contributed by atoms with van der Waals surface area (Å²) in [6, 6.07) is 2.98. The molecule has 0 aliphatic carbocycles. The Morgan fingerprint density at radius 3 is 2.50 bits per heavy atom. The molecule has 2 rings (SSSR count). The third-order valence-electron chi connectivity index (χ3n) is 4.20. The Balaban J connectivity index is 2.03. The third-order valence-corrected chi connectivity index (χ3v) is 4.20. The number of alkyl halides is 3. The summed E-state index contributed by atoms with van der Waals surface area (Å²) in [6.07, 6.45) is -4.01. The SMILES string of the molecule is COc1ccc(C(=O)NC2CCC(C(F)(F)F)N(C)C2)c(OC)c1. The van der Waals surface area contributed by atoms with E-state index in [1.807, 2.05) is 0 Å². The third kappa shape index (κ3) is 4.11. The Labute approximate surface area is 138 Å². The molecule has 0 spiro atoms. The molecule has 24 heavy (non-hydrogen) atoms. The highest BCUT2D eigenvalue weighted by Gasteiger charge is 2.44. The number of halogens is 3. The molecule has 1 aromatic rings. The lowest BCUT2D eigenvalue weighted by molar-refractivity contribution is -0.188. The topological polar surface area (TPSA) is 50.8 Å². The van der Waals surface area contributed by atoms with Crippen molar-refractivity contribution < 1.29 is 27.4 Å². The number of hydrogen-bond donors (Lipinski definition) is 1. The van der Waals surface area contributed by atoms with E-state index in [2.05, 4.69) is 5.32 Å². The fraction of sp³-hybridized carbons (Fsp3) is 0.562. The van der Waals surface area contributed by atoms with E-state index in [0.29, 0.717) is 17.1 Å². The fourth-order valence-corrected chi connectivity index (χ4v) is 2.93. The first kappa shape index (κ1) is 18.4. The van der Waals surface area contributed by atoms with Gasteiger partial charge in [-0.3, -0.25) is 9.69 Å². The number of hydrogen-bond acceptors (Lipinski definition) is 4. The summed E-state index contributed by atoms with van der Waals surface area (Å²) in [7, 11) is 4.36. The molecule has 1 N–H and O–H groups in total.